The maximum atomic E-state index is 11.7. The van der Waals surface area contributed by atoms with Gasteiger partial charge < -0.3 is 4.74 Å². The van der Waals surface area contributed by atoms with E-state index in [-0.39, 0.29) is 5.97 Å². The van der Waals surface area contributed by atoms with Gasteiger partial charge in [0.15, 0.2) is 0 Å². The molecule has 0 atom stereocenters. The van der Waals surface area contributed by atoms with Crippen LogP contribution in [0.25, 0.3) is 5.57 Å². The third-order valence-corrected chi connectivity index (χ3v) is 3.21. The molecule has 4 heteroatoms. The molecule has 3 nitrogen and oxygen atoms in total. The maximum absolute atomic E-state index is 11.7. The summed E-state index contributed by atoms with van der Waals surface area (Å²) >= 11 is 3.40. The van der Waals surface area contributed by atoms with Crippen LogP contribution < -0.4 is 0 Å². The van der Waals surface area contributed by atoms with Gasteiger partial charge in [0.2, 0.25) is 0 Å². The van der Waals surface area contributed by atoms with Crippen molar-refractivity contribution in [2.75, 3.05) is 6.61 Å². The first-order valence-electron chi connectivity index (χ1n) is 6.25. The Labute approximate surface area is 126 Å². The third kappa shape index (κ3) is 3.78. The van der Waals surface area contributed by atoms with Crippen LogP contribution in [0, 0.1) is 0 Å². The molecule has 0 aliphatic heterocycles. The topological polar surface area (TPSA) is 39.2 Å². The highest BCUT2D eigenvalue weighted by Crippen LogP contribution is 2.24. The lowest BCUT2D eigenvalue weighted by Gasteiger charge is -2.08. The molecule has 0 saturated heterocycles. The van der Waals surface area contributed by atoms with Crippen LogP contribution in [0.15, 0.2) is 59.3 Å². The van der Waals surface area contributed by atoms with Crippen LogP contribution in [-0.2, 0) is 9.53 Å². The van der Waals surface area contributed by atoms with Crippen molar-refractivity contribution < 1.29 is 9.53 Å². The second kappa shape index (κ2) is 7.01. The first-order valence-corrected chi connectivity index (χ1v) is 7.05. The first-order chi connectivity index (χ1) is 9.70. The fourth-order valence-corrected chi connectivity index (χ4v) is 2.05. The van der Waals surface area contributed by atoms with Crippen LogP contribution in [0.2, 0.25) is 0 Å². The van der Waals surface area contributed by atoms with Crippen LogP contribution in [0.1, 0.15) is 18.1 Å². The van der Waals surface area contributed by atoms with Gasteiger partial charge in [-0.15, -0.1) is 0 Å². The summed E-state index contributed by atoms with van der Waals surface area (Å²) < 4.78 is 5.98. The number of aromatic nitrogens is 1. The molecule has 0 N–H and O–H groups in total. The third-order valence-electron chi connectivity index (χ3n) is 2.68. The Bertz CT molecular complexity index is 606. The first kappa shape index (κ1) is 14.5. The van der Waals surface area contributed by atoms with Gasteiger partial charge in [-0.05, 0) is 36.3 Å². The number of rotatable bonds is 4. The van der Waals surface area contributed by atoms with E-state index < -0.39 is 0 Å². The monoisotopic (exact) mass is 331 g/mol. The number of hydrogen-bond acceptors (Lipinski definition) is 3. The molecular formula is C16H14BrNO2. The fraction of sp³-hybridized carbons (Fsp3) is 0.125. The molecular weight excluding hydrogens is 318 g/mol. The zero-order valence-corrected chi connectivity index (χ0v) is 12.6. The number of esters is 1. The minimum Gasteiger partial charge on any atom is -0.463 e. The summed E-state index contributed by atoms with van der Waals surface area (Å²) in [6.07, 6.45) is 4.93. The molecule has 2 rings (SSSR count). The average Bonchev–Trinajstić information content (AvgIpc) is 2.47. The Morgan fingerprint density at radius 3 is 2.60 bits per heavy atom. The molecule has 0 fully saturated rings. The van der Waals surface area contributed by atoms with Gasteiger partial charge in [0.25, 0.3) is 0 Å². The van der Waals surface area contributed by atoms with Crippen molar-refractivity contribution in [2.45, 2.75) is 6.92 Å². The molecule has 0 radical (unpaired) electrons. The molecule has 0 spiro atoms. The smallest absolute Gasteiger partial charge is 0.331 e. The van der Waals surface area contributed by atoms with E-state index in [0.29, 0.717) is 6.61 Å². The normalized spacial score (nSPS) is 11.2. The molecule has 0 unspecified atom stereocenters. The highest BCUT2D eigenvalue weighted by Gasteiger charge is 2.08. The molecule has 1 aromatic carbocycles. The van der Waals surface area contributed by atoms with E-state index in [1.165, 1.54) is 6.08 Å². The van der Waals surface area contributed by atoms with Crippen LogP contribution in [0.4, 0.5) is 0 Å². The second-order valence-corrected chi connectivity index (χ2v) is 4.97. The molecule has 0 amide bonds. The van der Waals surface area contributed by atoms with Gasteiger partial charge in [-0.3, -0.25) is 4.98 Å². The summed E-state index contributed by atoms with van der Waals surface area (Å²) in [5.41, 5.74) is 2.61. The lowest BCUT2D eigenvalue weighted by molar-refractivity contribution is -0.137. The predicted molar refractivity (Wildman–Crippen MR) is 82.1 cm³/mol. The summed E-state index contributed by atoms with van der Waals surface area (Å²) in [5.74, 6) is -0.353. The van der Waals surface area contributed by atoms with Gasteiger partial charge >= 0.3 is 5.97 Å². The van der Waals surface area contributed by atoms with Crippen molar-refractivity contribution in [3.63, 3.8) is 0 Å². The summed E-state index contributed by atoms with van der Waals surface area (Å²) in [7, 11) is 0. The fourth-order valence-electron chi connectivity index (χ4n) is 1.79. The highest BCUT2D eigenvalue weighted by molar-refractivity contribution is 9.10. The summed E-state index contributed by atoms with van der Waals surface area (Å²) in [5, 5.41) is 0. The number of hydrogen-bond donors (Lipinski definition) is 0. The van der Waals surface area contributed by atoms with Gasteiger partial charge in [0.1, 0.15) is 0 Å². The minimum atomic E-state index is -0.353. The number of pyridine rings is 1. The van der Waals surface area contributed by atoms with Crippen molar-refractivity contribution in [2.24, 2.45) is 0 Å². The highest BCUT2D eigenvalue weighted by atomic mass is 79.9. The predicted octanol–water partition coefficient (Wildman–Crippen LogP) is 3.84. The van der Waals surface area contributed by atoms with Crippen molar-refractivity contribution in [1.82, 2.24) is 4.98 Å². The number of carbonyl (C=O) groups excluding carboxylic acids is 1. The van der Waals surface area contributed by atoms with Crippen molar-refractivity contribution in [3.05, 3.63) is 70.5 Å². The van der Waals surface area contributed by atoms with Crippen LogP contribution in [0.3, 0.4) is 0 Å². The molecule has 1 aromatic heterocycles. The minimum absolute atomic E-state index is 0.353. The van der Waals surface area contributed by atoms with Gasteiger partial charge in [-0.25, -0.2) is 4.79 Å². The van der Waals surface area contributed by atoms with Crippen LogP contribution >= 0.6 is 15.9 Å². The van der Waals surface area contributed by atoms with E-state index in [1.807, 2.05) is 36.4 Å². The summed E-state index contributed by atoms with van der Waals surface area (Å²) in [4.78, 5) is 15.8. The van der Waals surface area contributed by atoms with Crippen molar-refractivity contribution in [3.8, 4) is 0 Å². The maximum Gasteiger partial charge on any atom is 0.331 e. The van der Waals surface area contributed by atoms with Crippen LogP contribution in [0.5, 0.6) is 0 Å². The average molecular weight is 332 g/mol. The molecule has 20 heavy (non-hydrogen) atoms. The second-order valence-electron chi connectivity index (χ2n) is 4.06. The zero-order valence-electron chi connectivity index (χ0n) is 11.0. The van der Waals surface area contributed by atoms with Gasteiger partial charge in [0.05, 0.1) is 6.61 Å². The van der Waals surface area contributed by atoms with E-state index in [2.05, 4.69) is 20.9 Å². The Balaban J connectivity index is 2.44. The van der Waals surface area contributed by atoms with E-state index in [0.717, 1.165) is 21.2 Å². The largest absolute Gasteiger partial charge is 0.463 e. The van der Waals surface area contributed by atoms with Crippen molar-refractivity contribution >= 4 is 27.5 Å². The Hall–Kier alpha value is -1.94. The van der Waals surface area contributed by atoms with E-state index >= 15 is 0 Å². The standard InChI is InChI=1S/C16H14BrNO2/c1-2-20-16(19)10-15(13-4-3-9-18-11-13)12-5-7-14(17)8-6-12/h3-11H,2H2,1H3/b15-10-. The number of halogens is 1. The molecule has 1 heterocycles. The van der Waals surface area contributed by atoms with Gasteiger partial charge in [0, 0.05) is 28.5 Å². The quantitative estimate of drug-likeness (QED) is 0.631. The molecule has 2 aromatic rings. The Morgan fingerprint density at radius 2 is 2.00 bits per heavy atom. The summed E-state index contributed by atoms with van der Waals surface area (Å²) in [6, 6.07) is 11.5. The zero-order chi connectivity index (χ0) is 14.4. The lowest BCUT2D eigenvalue weighted by atomic mass is 9.99. The number of carbonyl (C=O) groups is 1. The van der Waals surface area contributed by atoms with E-state index in [9.17, 15) is 4.79 Å². The SMILES string of the molecule is CCOC(=O)/C=C(/c1ccc(Br)cc1)c1cccnc1. The Kier molecular flexibility index (Phi) is 5.07. The number of ether oxygens (including phenoxy) is 1. The summed E-state index contributed by atoms with van der Waals surface area (Å²) in [6.45, 7) is 2.14. The molecule has 0 saturated carbocycles. The van der Waals surface area contributed by atoms with E-state index in [1.54, 1.807) is 19.3 Å². The van der Waals surface area contributed by atoms with E-state index in [4.69, 9.17) is 4.74 Å². The lowest BCUT2D eigenvalue weighted by Crippen LogP contribution is -2.02. The molecule has 0 bridgehead atoms. The number of nitrogens with zero attached hydrogens (tertiary/aromatic N) is 1. The molecule has 102 valence electrons. The van der Waals surface area contributed by atoms with Crippen molar-refractivity contribution in [1.29, 1.82) is 0 Å². The Morgan fingerprint density at radius 1 is 1.25 bits per heavy atom. The molecule has 0 aliphatic rings. The van der Waals surface area contributed by atoms with Gasteiger partial charge in [-0.1, -0.05) is 34.1 Å². The number of benzene rings is 1. The molecule has 0 aliphatic carbocycles. The van der Waals surface area contributed by atoms with Crippen LogP contribution in [-0.4, -0.2) is 17.6 Å². The van der Waals surface area contributed by atoms with Gasteiger partial charge in [-0.2, -0.15) is 0 Å².